The molecule has 2 saturated heterocycles. The van der Waals surface area contributed by atoms with Crippen LogP contribution in [0.4, 0.5) is 5.69 Å². The Morgan fingerprint density at radius 1 is 1.19 bits per heavy atom. The first kappa shape index (κ1) is 18.9. The third kappa shape index (κ3) is 4.24. The lowest BCUT2D eigenvalue weighted by Crippen LogP contribution is -2.53. The zero-order valence-electron chi connectivity index (χ0n) is 15.8. The Labute approximate surface area is 155 Å². The zero-order chi connectivity index (χ0) is 18.5. The van der Waals surface area contributed by atoms with Gasteiger partial charge in [0.1, 0.15) is 6.10 Å². The molecule has 0 radical (unpaired) electrons. The Morgan fingerprint density at radius 2 is 1.92 bits per heavy atom. The van der Waals surface area contributed by atoms with Gasteiger partial charge in [-0.05, 0) is 38.3 Å². The molecule has 2 fully saturated rings. The van der Waals surface area contributed by atoms with Crippen molar-refractivity contribution in [1.82, 2.24) is 9.80 Å². The van der Waals surface area contributed by atoms with Crippen molar-refractivity contribution in [3.63, 3.8) is 0 Å². The summed E-state index contributed by atoms with van der Waals surface area (Å²) >= 11 is 0. The van der Waals surface area contributed by atoms with E-state index in [-0.39, 0.29) is 17.9 Å². The van der Waals surface area contributed by atoms with Gasteiger partial charge in [0.05, 0.1) is 6.54 Å². The molecule has 26 heavy (non-hydrogen) atoms. The van der Waals surface area contributed by atoms with Crippen LogP contribution in [0.5, 0.6) is 0 Å². The van der Waals surface area contributed by atoms with Gasteiger partial charge in [-0.1, -0.05) is 18.2 Å². The van der Waals surface area contributed by atoms with Crippen LogP contribution in [0.1, 0.15) is 25.3 Å². The Bertz CT molecular complexity index is 635. The van der Waals surface area contributed by atoms with Crippen LogP contribution in [-0.4, -0.2) is 73.6 Å². The van der Waals surface area contributed by atoms with Crippen molar-refractivity contribution < 1.29 is 14.3 Å². The van der Waals surface area contributed by atoms with Gasteiger partial charge in [0.25, 0.3) is 5.91 Å². The summed E-state index contributed by atoms with van der Waals surface area (Å²) in [6, 6.07) is 7.98. The lowest BCUT2D eigenvalue weighted by molar-refractivity contribution is -0.142. The quantitative estimate of drug-likeness (QED) is 0.803. The van der Waals surface area contributed by atoms with Crippen LogP contribution in [0.25, 0.3) is 0 Å². The highest BCUT2D eigenvalue weighted by atomic mass is 16.5. The van der Waals surface area contributed by atoms with Gasteiger partial charge in [-0.25, -0.2) is 0 Å². The smallest absolute Gasteiger partial charge is 0.251 e. The van der Waals surface area contributed by atoms with Crippen LogP contribution in [0.2, 0.25) is 0 Å². The predicted octanol–water partition coefficient (Wildman–Crippen LogP) is 1.67. The highest BCUT2D eigenvalue weighted by Crippen LogP contribution is 2.20. The number of benzene rings is 1. The Hall–Kier alpha value is -1.92. The van der Waals surface area contributed by atoms with E-state index in [0.29, 0.717) is 32.8 Å². The predicted molar refractivity (Wildman–Crippen MR) is 101 cm³/mol. The highest BCUT2D eigenvalue weighted by Gasteiger charge is 2.31. The van der Waals surface area contributed by atoms with Gasteiger partial charge >= 0.3 is 0 Å². The first-order valence-electron chi connectivity index (χ1n) is 9.59. The number of likely N-dealkylation sites (N-methyl/N-ethyl adjacent to an activating group) is 1. The van der Waals surface area contributed by atoms with Crippen LogP contribution >= 0.6 is 0 Å². The molecule has 1 aromatic rings. The summed E-state index contributed by atoms with van der Waals surface area (Å²) in [5.74, 6) is 0.226. The number of carbonyl (C=O) groups excluding carboxylic acids is 2. The first-order valence-corrected chi connectivity index (χ1v) is 9.59. The molecule has 1 aromatic carbocycles. The van der Waals surface area contributed by atoms with E-state index in [4.69, 9.17) is 4.74 Å². The van der Waals surface area contributed by atoms with Crippen molar-refractivity contribution in [2.24, 2.45) is 0 Å². The van der Waals surface area contributed by atoms with Gasteiger partial charge in [0.15, 0.2) is 0 Å². The molecule has 0 aromatic heterocycles. The number of hydrogen-bond donors (Lipinski definition) is 0. The van der Waals surface area contributed by atoms with E-state index >= 15 is 0 Å². The molecule has 0 aliphatic carbocycles. The molecule has 0 saturated carbocycles. The fourth-order valence-corrected chi connectivity index (χ4v) is 3.73. The minimum atomic E-state index is -0.250. The van der Waals surface area contributed by atoms with Crippen molar-refractivity contribution in [1.29, 1.82) is 0 Å². The summed E-state index contributed by atoms with van der Waals surface area (Å²) in [7, 11) is 0. The fourth-order valence-electron chi connectivity index (χ4n) is 3.73. The number of aryl methyl sites for hydroxylation is 1. The normalized spacial score (nSPS) is 21.0. The fraction of sp³-hybridized carbons (Fsp3) is 0.600. The number of piperazine rings is 1. The molecule has 6 nitrogen and oxygen atoms in total. The van der Waals surface area contributed by atoms with E-state index in [9.17, 15) is 9.59 Å². The summed E-state index contributed by atoms with van der Waals surface area (Å²) in [6.45, 7) is 8.57. The number of carbonyl (C=O) groups is 2. The maximum Gasteiger partial charge on any atom is 0.251 e. The van der Waals surface area contributed by atoms with Gasteiger partial charge in [-0.15, -0.1) is 0 Å². The topological polar surface area (TPSA) is 53.1 Å². The second-order valence-electron chi connectivity index (χ2n) is 7.03. The molecule has 142 valence electrons. The highest BCUT2D eigenvalue weighted by molar-refractivity contribution is 5.95. The third-order valence-electron chi connectivity index (χ3n) is 5.27. The molecular formula is C20H29N3O3. The van der Waals surface area contributed by atoms with E-state index in [1.807, 2.05) is 47.9 Å². The van der Waals surface area contributed by atoms with Crippen LogP contribution in [0, 0.1) is 6.92 Å². The summed E-state index contributed by atoms with van der Waals surface area (Å²) in [5.41, 5.74) is 2.09. The zero-order valence-corrected chi connectivity index (χ0v) is 15.8. The molecule has 2 aliphatic heterocycles. The van der Waals surface area contributed by atoms with Crippen molar-refractivity contribution in [2.45, 2.75) is 32.8 Å². The van der Waals surface area contributed by atoms with Gasteiger partial charge in [-0.2, -0.15) is 0 Å². The minimum absolute atomic E-state index is 0.112. The largest absolute Gasteiger partial charge is 0.368 e. The van der Waals surface area contributed by atoms with Crippen molar-refractivity contribution in [3.8, 4) is 0 Å². The average molecular weight is 359 g/mol. The SMILES string of the molecule is CCN(C(=O)CN1CCN(C(=O)C2CCCO2)CC1)c1ccccc1C. The summed E-state index contributed by atoms with van der Waals surface area (Å²) in [6.07, 6.45) is 1.55. The van der Waals surface area contributed by atoms with Gasteiger partial charge in [-0.3, -0.25) is 14.5 Å². The van der Waals surface area contributed by atoms with Crippen LogP contribution in [0.3, 0.4) is 0 Å². The lowest BCUT2D eigenvalue weighted by Gasteiger charge is -2.36. The number of ether oxygens (including phenoxy) is 1. The standard InChI is InChI=1S/C20H29N3O3/c1-3-23(17-8-5-4-7-16(17)2)19(24)15-21-10-12-22(13-11-21)20(25)18-9-6-14-26-18/h4-5,7-8,18H,3,6,9-15H2,1-2H3. The number of nitrogens with zero attached hydrogens (tertiary/aromatic N) is 3. The van der Waals surface area contributed by atoms with Gasteiger partial charge in [0.2, 0.25) is 5.91 Å². The molecule has 0 N–H and O–H groups in total. The number of anilines is 1. The Balaban J connectivity index is 1.52. The van der Waals surface area contributed by atoms with Gasteiger partial charge < -0.3 is 14.5 Å². The average Bonchev–Trinajstić information content (AvgIpc) is 3.19. The van der Waals surface area contributed by atoms with E-state index in [2.05, 4.69) is 4.90 Å². The molecule has 2 heterocycles. The molecule has 0 spiro atoms. The summed E-state index contributed by atoms with van der Waals surface area (Å²) in [4.78, 5) is 31.1. The molecule has 1 atom stereocenters. The van der Waals surface area contributed by atoms with E-state index in [0.717, 1.165) is 37.2 Å². The molecule has 0 bridgehead atoms. The number of para-hydroxylation sites is 1. The van der Waals surface area contributed by atoms with Crippen LogP contribution in [-0.2, 0) is 14.3 Å². The van der Waals surface area contributed by atoms with Crippen molar-refractivity contribution >= 4 is 17.5 Å². The van der Waals surface area contributed by atoms with Gasteiger partial charge in [0, 0.05) is 45.0 Å². The molecule has 6 heteroatoms. The van der Waals surface area contributed by atoms with Crippen LogP contribution in [0.15, 0.2) is 24.3 Å². The molecule has 1 unspecified atom stereocenters. The molecule has 3 rings (SSSR count). The maximum atomic E-state index is 12.8. The second-order valence-corrected chi connectivity index (χ2v) is 7.03. The number of amides is 2. The maximum absolute atomic E-state index is 12.8. The van der Waals surface area contributed by atoms with E-state index in [1.165, 1.54) is 0 Å². The molecule has 2 aliphatic rings. The second kappa shape index (κ2) is 8.64. The number of rotatable bonds is 5. The first-order chi connectivity index (χ1) is 12.6. The van der Waals surface area contributed by atoms with E-state index in [1.54, 1.807) is 0 Å². The minimum Gasteiger partial charge on any atom is -0.368 e. The number of hydrogen-bond acceptors (Lipinski definition) is 4. The third-order valence-corrected chi connectivity index (χ3v) is 5.27. The van der Waals surface area contributed by atoms with E-state index < -0.39 is 0 Å². The van der Waals surface area contributed by atoms with Crippen molar-refractivity contribution in [3.05, 3.63) is 29.8 Å². The van der Waals surface area contributed by atoms with Crippen LogP contribution < -0.4 is 4.90 Å². The Morgan fingerprint density at radius 3 is 2.54 bits per heavy atom. The summed E-state index contributed by atoms with van der Waals surface area (Å²) in [5, 5.41) is 0. The lowest BCUT2D eigenvalue weighted by atomic mass is 10.1. The summed E-state index contributed by atoms with van der Waals surface area (Å²) < 4.78 is 5.50. The Kier molecular flexibility index (Phi) is 6.27. The van der Waals surface area contributed by atoms with Crippen molar-refractivity contribution in [2.75, 3.05) is 50.8 Å². The monoisotopic (exact) mass is 359 g/mol. The molecular weight excluding hydrogens is 330 g/mol. The molecule has 2 amide bonds.